The molecule has 1 aliphatic heterocycles. The molecule has 0 spiro atoms. The molecule has 1 atom stereocenters. The summed E-state index contributed by atoms with van der Waals surface area (Å²) in [6.07, 6.45) is 0. The molecule has 34 heavy (non-hydrogen) atoms. The number of ether oxygens (including phenoxy) is 1. The number of nitrogens with zero attached hydrogens (tertiary/aromatic N) is 5. The molecule has 2 heterocycles. The zero-order valence-corrected chi connectivity index (χ0v) is 19.7. The largest absolute Gasteiger partial charge is 0.497 e. The number of hydrazone groups is 1. The molecule has 7 nitrogen and oxygen atoms in total. The van der Waals surface area contributed by atoms with Crippen LogP contribution in [-0.4, -0.2) is 33.7 Å². The van der Waals surface area contributed by atoms with E-state index >= 15 is 0 Å². The van der Waals surface area contributed by atoms with Gasteiger partial charge in [-0.3, -0.25) is 4.57 Å². The van der Waals surface area contributed by atoms with Gasteiger partial charge in [-0.15, -0.1) is 5.10 Å². The van der Waals surface area contributed by atoms with E-state index in [2.05, 4.69) is 17.2 Å². The van der Waals surface area contributed by atoms with Gasteiger partial charge in [0.05, 0.1) is 25.9 Å². The molecule has 3 aromatic carbocycles. The van der Waals surface area contributed by atoms with Crippen LogP contribution in [0.2, 0.25) is 5.02 Å². The lowest BCUT2D eigenvalue weighted by Gasteiger charge is -2.15. The molecule has 0 amide bonds. The highest BCUT2D eigenvalue weighted by Gasteiger charge is 2.32. The van der Waals surface area contributed by atoms with Crippen molar-refractivity contribution in [3.8, 4) is 5.75 Å². The number of benzene rings is 3. The lowest BCUT2D eigenvalue weighted by atomic mass is 9.91. The van der Waals surface area contributed by atoms with E-state index in [4.69, 9.17) is 21.4 Å². The zero-order valence-electron chi connectivity index (χ0n) is 18.9. The lowest BCUT2D eigenvalue weighted by Crippen LogP contribution is -2.25. The average molecular weight is 474 g/mol. The van der Waals surface area contributed by atoms with Gasteiger partial charge in [-0.05, 0) is 41.0 Å². The van der Waals surface area contributed by atoms with Crippen molar-refractivity contribution in [3.05, 3.63) is 111 Å². The van der Waals surface area contributed by atoms with Gasteiger partial charge in [0.1, 0.15) is 5.75 Å². The van der Waals surface area contributed by atoms with Crippen molar-refractivity contribution >= 4 is 23.3 Å². The van der Waals surface area contributed by atoms with Crippen LogP contribution in [0.25, 0.3) is 0 Å². The molecule has 1 aromatic heterocycles. The minimum atomic E-state index is -0.197. The van der Waals surface area contributed by atoms with E-state index in [1.807, 2.05) is 71.7 Å². The fourth-order valence-electron chi connectivity index (χ4n) is 4.16. The van der Waals surface area contributed by atoms with Crippen LogP contribution in [0.3, 0.4) is 0 Å². The maximum atomic E-state index is 13.0. The Morgan fingerprint density at radius 3 is 2.38 bits per heavy atom. The molecule has 8 heteroatoms. The van der Waals surface area contributed by atoms with E-state index < -0.39 is 0 Å². The summed E-state index contributed by atoms with van der Waals surface area (Å²) in [5.74, 6) is 1.30. The minimum Gasteiger partial charge on any atom is -0.497 e. The Morgan fingerprint density at radius 2 is 1.71 bits per heavy atom. The quantitative estimate of drug-likeness (QED) is 0.419. The first-order valence-electron chi connectivity index (χ1n) is 11.0. The first kappa shape index (κ1) is 22.0. The second-order valence-corrected chi connectivity index (χ2v) is 8.62. The van der Waals surface area contributed by atoms with Crippen molar-refractivity contribution in [2.24, 2.45) is 12.1 Å². The minimum absolute atomic E-state index is 0.0317. The smallest absolute Gasteiger partial charge is 0.347 e. The van der Waals surface area contributed by atoms with Gasteiger partial charge in [-0.2, -0.15) is 5.10 Å². The van der Waals surface area contributed by atoms with Crippen LogP contribution in [0.1, 0.15) is 22.6 Å². The van der Waals surface area contributed by atoms with Crippen molar-refractivity contribution < 1.29 is 4.74 Å². The van der Waals surface area contributed by atoms with Gasteiger partial charge in [0, 0.05) is 18.0 Å². The SMILES string of the molecule is COc1ccc(Cn2nc(N3CC(c4ccccc4)C(c4ccc(Cl)cc4)=N3)n(C)c2=O)cc1. The van der Waals surface area contributed by atoms with E-state index in [1.54, 1.807) is 18.7 Å². The third kappa shape index (κ3) is 4.22. The molecule has 4 aromatic rings. The van der Waals surface area contributed by atoms with Crippen LogP contribution in [0.4, 0.5) is 5.95 Å². The summed E-state index contributed by atoms with van der Waals surface area (Å²) in [5, 5.41) is 12.0. The van der Waals surface area contributed by atoms with Crippen LogP contribution in [0, 0.1) is 0 Å². The van der Waals surface area contributed by atoms with Crippen LogP contribution >= 0.6 is 11.6 Å². The number of rotatable bonds is 6. The average Bonchev–Trinajstić information content (AvgIpc) is 3.43. The predicted molar refractivity (Wildman–Crippen MR) is 134 cm³/mol. The summed E-state index contributed by atoms with van der Waals surface area (Å²) >= 11 is 6.11. The number of halogens is 1. The summed E-state index contributed by atoms with van der Waals surface area (Å²) < 4.78 is 8.22. The molecule has 1 aliphatic rings. The van der Waals surface area contributed by atoms with Gasteiger partial charge in [-0.1, -0.05) is 66.2 Å². The summed E-state index contributed by atoms with van der Waals surface area (Å²) in [4.78, 5) is 13.0. The second kappa shape index (κ2) is 9.19. The summed E-state index contributed by atoms with van der Waals surface area (Å²) in [7, 11) is 3.35. The fraction of sp³-hybridized carbons (Fsp3) is 0.192. The van der Waals surface area contributed by atoms with Gasteiger partial charge >= 0.3 is 5.69 Å². The predicted octanol–water partition coefficient (Wildman–Crippen LogP) is 4.30. The Hall–Kier alpha value is -3.84. The van der Waals surface area contributed by atoms with Gasteiger partial charge in [0.15, 0.2) is 0 Å². The Balaban J connectivity index is 1.49. The Bertz CT molecular complexity index is 1380. The van der Waals surface area contributed by atoms with E-state index in [9.17, 15) is 4.79 Å². The Labute approximate surface area is 202 Å². The summed E-state index contributed by atoms with van der Waals surface area (Å²) in [5.41, 5.74) is 3.82. The monoisotopic (exact) mass is 473 g/mol. The van der Waals surface area contributed by atoms with Gasteiger partial charge < -0.3 is 4.74 Å². The number of anilines is 1. The van der Waals surface area contributed by atoms with Crippen LogP contribution in [0.15, 0.2) is 88.8 Å². The molecule has 5 rings (SSSR count). The van der Waals surface area contributed by atoms with Gasteiger partial charge in [0.2, 0.25) is 5.95 Å². The molecular formula is C26H24ClN5O2. The highest BCUT2D eigenvalue weighted by atomic mass is 35.5. The fourth-order valence-corrected chi connectivity index (χ4v) is 4.29. The molecule has 0 bridgehead atoms. The van der Waals surface area contributed by atoms with Crippen molar-refractivity contribution in [2.45, 2.75) is 12.5 Å². The Kier molecular flexibility index (Phi) is 5.94. The standard InChI is InChI=1S/C26H24ClN5O2/c1-30-25(29-32(26(30)33)16-18-8-14-22(34-2)15-9-18)31-17-23(19-6-4-3-5-7-19)24(28-31)20-10-12-21(27)13-11-20/h3-15,23H,16-17H2,1-2H3. The number of hydrogen-bond acceptors (Lipinski definition) is 5. The third-order valence-corrected chi connectivity index (χ3v) is 6.25. The lowest BCUT2D eigenvalue weighted by molar-refractivity contribution is 0.414. The van der Waals surface area contributed by atoms with E-state index in [-0.39, 0.29) is 11.6 Å². The highest BCUT2D eigenvalue weighted by molar-refractivity contribution is 6.30. The van der Waals surface area contributed by atoms with E-state index in [1.165, 1.54) is 4.68 Å². The second-order valence-electron chi connectivity index (χ2n) is 8.18. The van der Waals surface area contributed by atoms with Crippen LogP contribution < -0.4 is 15.4 Å². The van der Waals surface area contributed by atoms with Gasteiger partial charge in [-0.25, -0.2) is 14.5 Å². The van der Waals surface area contributed by atoms with Crippen molar-refractivity contribution in [3.63, 3.8) is 0 Å². The first-order chi connectivity index (χ1) is 16.5. The van der Waals surface area contributed by atoms with Gasteiger partial charge in [0.25, 0.3) is 0 Å². The van der Waals surface area contributed by atoms with Crippen LogP contribution in [-0.2, 0) is 13.6 Å². The van der Waals surface area contributed by atoms with E-state index in [0.717, 1.165) is 28.2 Å². The van der Waals surface area contributed by atoms with E-state index in [0.29, 0.717) is 24.1 Å². The number of hydrogen-bond donors (Lipinski definition) is 0. The molecule has 0 saturated carbocycles. The molecule has 172 valence electrons. The van der Waals surface area contributed by atoms with Crippen molar-refractivity contribution in [2.75, 3.05) is 18.7 Å². The zero-order chi connectivity index (χ0) is 23.7. The third-order valence-electron chi connectivity index (χ3n) is 6.00. The van der Waals surface area contributed by atoms with Crippen molar-refractivity contribution in [1.82, 2.24) is 14.3 Å². The molecule has 1 unspecified atom stereocenters. The maximum absolute atomic E-state index is 13.0. The molecule has 0 saturated heterocycles. The van der Waals surface area contributed by atoms with Crippen molar-refractivity contribution in [1.29, 1.82) is 0 Å². The maximum Gasteiger partial charge on any atom is 0.347 e. The highest BCUT2D eigenvalue weighted by Crippen LogP contribution is 2.31. The Morgan fingerprint density at radius 1 is 1.00 bits per heavy atom. The number of methoxy groups -OCH3 is 1. The topological polar surface area (TPSA) is 64.7 Å². The molecular weight excluding hydrogens is 450 g/mol. The first-order valence-corrected chi connectivity index (χ1v) is 11.3. The number of aromatic nitrogens is 3. The molecule has 0 fully saturated rings. The summed E-state index contributed by atoms with van der Waals surface area (Å²) in [6, 6.07) is 25.5. The summed E-state index contributed by atoms with van der Waals surface area (Å²) in [6.45, 7) is 0.940. The molecule has 0 aliphatic carbocycles. The normalized spacial score (nSPS) is 15.4. The molecule has 0 N–H and O–H groups in total. The molecule has 0 radical (unpaired) electrons. The van der Waals surface area contributed by atoms with Crippen LogP contribution in [0.5, 0.6) is 5.75 Å².